The number of nitrogens with one attached hydrogen (secondary N) is 1. The van der Waals surface area contributed by atoms with Gasteiger partial charge in [-0.1, -0.05) is 19.1 Å². The first-order valence-electron chi connectivity index (χ1n) is 9.45. The maximum Gasteiger partial charge on any atom is 0.274 e. The highest BCUT2D eigenvalue weighted by atomic mass is 16.5. The second-order valence-corrected chi connectivity index (χ2v) is 6.82. The highest BCUT2D eigenvalue weighted by Crippen LogP contribution is 2.27. The smallest absolute Gasteiger partial charge is 0.274 e. The van der Waals surface area contributed by atoms with Crippen LogP contribution in [0.3, 0.4) is 0 Å². The number of ether oxygens (including phenoxy) is 1. The van der Waals surface area contributed by atoms with Gasteiger partial charge in [-0.25, -0.2) is 0 Å². The number of likely N-dealkylation sites (N-methyl/N-ethyl adjacent to an activating group) is 1. The Morgan fingerprint density at radius 1 is 1.11 bits per heavy atom. The molecule has 1 aliphatic heterocycles. The number of anilines is 2. The minimum absolute atomic E-state index is 0.0617. The number of nitrogens with zero attached hydrogens (tertiary/aromatic N) is 4. The molecule has 1 N–H and O–H groups in total. The lowest BCUT2D eigenvalue weighted by atomic mass is 10.2. The summed E-state index contributed by atoms with van der Waals surface area (Å²) in [5, 5.41) is 11.5. The Morgan fingerprint density at radius 3 is 2.48 bits per heavy atom. The van der Waals surface area contributed by atoms with Gasteiger partial charge in [0.25, 0.3) is 5.91 Å². The van der Waals surface area contributed by atoms with Crippen molar-refractivity contribution < 1.29 is 9.53 Å². The fraction of sp³-hybridized carbons (Fsp3) is 0.450. The Hall–Kier alpha value is -2.67. The lowest BCUT2D eigenvalue weighted by Crippen LogP contribution is -2.48. The van der Waals surface area contributed by atoms with Crippen molar-refractivity contribution in [2.45, 2.75) is 26.9 Å². The van der Waals surface area contributed by atoms with Crippen molar-refractivity contribution in [3.8, 4) is 5.75 Å². The first-order chi connectivity index (χ1) is 13.1. The summed E-state index contributed by atoms with van der Waals surface area (Å²) in [6.07, 6.45) is 0.0761. The molecule has 7 heteroatoms. The largest absolute Gasteiger partial charge is 0.489 e. The molecule has 1 saturated heterocycles. The van der Waals surface area contributed by atoms with E-state index in [1.54, 1.807) is 12.1 Å². The summed E-state index contributed by atoms with van der Waals surface area (Å²) in [5.41, 5.74) is 1.19. The van der Waals surface area contributed by atoms with Crippen LogP contribution >= 0.6 is 0 Å². The van der Waals surface area contributed by atoms with Gasteiger partial charge in [0.05, 0.1) is 11.8 Å². The van der Waals surface area contributed by atoms with Crippen molar-refractivity contribution in [1.29, 1.82) is 0 Å². The molecule has 7 nitrogen and oxygen atoms in total. The Morgan fingerprint density at radius 2 is 1.85 bits per heavy atom. The molecule has 1 fully saturated rings. The Balaban J connectivity index is 1.65. The summed E-state index contributed by atoms with van der Waals surface area (Å²) in [7, 11) is 0. The Kier molecular flexibility index (Phi) is 6.24. The number of amides is 1. The van der Waals surface area contributed by atoms with Crippen molar-refractivity contribution in [3.63, 3.8) is 0 Å². The minimum atomic E-state index is -0.0617. The Bertz CT molecular complexity index is 755. The SMILES string of the molecule is CCN1CCN(C(=O)c2ccc(Nc3ccccc3OC(C)C)nn2)CC1. The maximum atomic E-state index is 12.6. The topological polar surface area (TPSA) is 70.6 Å². The number of hydrogen-bond donors (Lipinski definition) is 1. The highest BCUT2D eigenvalue weighted by Gasteiger charge is 2.22. The van der Waals surface area contributed by atoms with E-state index in [1.807, 2.05) is 43.0 Å². The van der Waals surface area contributed by atoms with E-state index in [-0.39, 0.29) is 12.0 Å². The van der Waals surface area contributed by atoms with Gasteiger partial charge in [0, 0.05) is 26.2 Å². The molecule has 2 heterocycles. The molecule has 3 rings (SSSR count). The third-order valence-electron chi connectivity index (χ3n) is 4.50. The predicted octanol–water partition coefficient (Wildman–Crippen LogP) is 2.79. The van der Waals surface area contributed by atoms with E-state index >= 15 is 0 Å². The molecule has 144 valence electrons. The summed E-state index contributed by atoms with van der Waals surface area (Å²) in [6.45, 7) is 10.4. The van der Waals surface area contributed by atoms with E-state index in [0.29, 0.717) is 11.5 Å². The van der Waals surface area contributed by atoms with Crippen LogP contribution in [0.15, 0.2) is 36.4 Å². The average Bonchev–Trinajstić information content (AvgIpc) is 2.69. The molecule has 1 aromatic heterocycles. The maximum absolute atomic E-state index is 12.6. The van der Waals surface area contributed by atoms with Crippen molar-refractivity contribution >= 4 is 17.4 Å². The molecule has 0 spiro atoms. The lowest BCUT2D eigenvalue weighted by molar-refractivity contribution is 0.0636. The minimum Gasteiger partial charge on any atom is -0.489 e. The second kappa shape index (κ2) is 8.81. The van der Waals surface area contributed by atoms with E-state index in [0.717, 1.165) is 44.2 Å². The number of aromatic nitrogens is 2. The Labute approximate surface area is 160 Å². The third kappa shape index (κ3) is 4.95. The summed E-state index contributed by atoms with van der Waals surface area (Å²) in [5.74, 6) is 1.26. The van der Waals surface area contributed by atoms with E-state index in [9.17, 15) is 4.79 Å². The van der Waals surface area contributed by atoms with Crippen LogP contribution < -0.4 is 10.1 Å². The second-order valence-electron chi connectivity index (χ2n) is 6.82. The summed E-state index contributed by atoms with van der Waals surface area (Å²) >= 11 is 0. The molecule has 0 unspecified atom stereocenters. The van der Waals surface area contributed by atoms with Crippen LogP contribution in [0.5, 0.6) is 5.75 Å². The predicted molar refractivity (Wildman–Crippen MR) is 106 cm³/mol. The summed E-state index contributed by atoms with van der Waals surface area (Å²) < 4.78 is 5.80. The number of piperazine rings is 1. The van der Waals surface area contributed by atoms with Gasteiger partial charge in [-0.3, -0.25) is 4.79 Å². The van der Waals surface area contributed by atoms with Gasteiger partial charge in [0.1, 0.15) is 5.75 Å². The molecule has 0 aliphatic carbocycles. The number of hydrogen-bond acceptors (Lipinski definition) is 6. The van der Waals surface area contributed by atoms with E-state index in [2.05, 4.69) is 27.3 Å². The number of benzene rings is 1. The van der Waals surface area contributed by atoms with Crippen LogP contribution in [0, 0.1) is 0 Å². The number of carbonyl (C=O) groups excluding carboxylic acids is 1. The zero-order valence-electron chi connectivity index (χ0n) is 16.2. The molecule has 1 aliphatic rings. The fourth-order valence-corrected chi connectivity index (χ4v) is 3.01. The lowest BCUT2D eigenvalue weighted by Gasteiger charge is -2.33. The van der Waals surface area contributed by atoms with Crippen molar-refractivity contribution in [1.82, 2.24) is 20.0 Å². The van der Waals surface area contributed by atoms with E-state index in [1.165, 1.54) is 0 Å². The first kappa shape index (κ1) is 19.1. The third-order valence-corrected chi connectivity index (χ3v) is 4.50. The van der Waals surface area contributed by atoms with Crippen LogP contribution in [-0.4, -0.2) is 64.7 Å². The molecule has 0 atom stereocenters. The molecule has 0 radical (unpaired) electrons. The molecule has 1 amide bonds. The van der Waals surface area contributed by atoms with Gasteiger partial charge >= 0.3 is 0 Å². The molecule has 27 heavy (non-hydrogen) atoms. The first-order valence-corrected chi connectivity index (χ1v) is 9.45. The van der Waals surface area contributed by atoms with Gasteiger partial charge in [0.2, 0.25) is 0 Å². The van der Waals surface area contributed by atoms with Crippen molar-refractivity contribution in [3.05, 3.63) is 42.1 Å². The van der Waals surface area contributed by atoms with E-state index in [4.69, 9.17) is 4.74 Å². The summed E-state index contributed by atoms with van der Waals surface area (Å²) in [6, 6.07) is 11.2. The van der Waals surface area contributed by atoms with Crippen LogP contribution in [0.1, 0.15) is 31.3 Å². The van der Waals surface area contributed by atoms with Gasteiger partial charge < -0.3 is 19.9 Å². The van der Waals surface area contributed by atoms with Gasteiger partial charge in [-0.2, -0.15) is 0 Å². The van der Waals surface area contributed by atoms with Gasteiger partial charge in [0.15, 0.2) is 11.5 Å². The molecular formula is C20H27N5O2. The van der Waals surface area contributed by atoms with Crippen molar-refractivity contribution in [2.75, 3.05) is 38.0 Å². The fourth-order valence-electron chi connectivity index (χ4n) is 3.01. The number of para-hydroxylation sites is 2. The molecular weight excluding hydrogens is 342 g/mol. The number of carbonyl (C=O) groups is 1. The zero-order valence-corrected chi connectivity index (χ0v) is 16.2. The highest BCUT2D eigenvalue weighted by molar-refractivity contribution is 5.92. The van der Waals surface area contributed by atoms with Crippen LogP contribution in [0.2, 0.25) is 0 Å². The molecule has 2 aromatic rings. The van der Waals surface area contributed by atoms with Gasteiger partial charge in [-0.15, -0.1) is 10.2 Å². The number of rotatable bonds is 6. The normalized spacial score (nSPS) is 15.0. The molecule has 0 saturated carbocycles. The average molecular weight is 369 g/mol. The standard InChI is InChI=1S/C20H27N5O2/c1-4-24-11-13-25(14-12-24)20(26)17-9-10-19(23-22-17)21-16-7-5-6-8-18(16)27-15(2)3/h5-10,15H,4,11-14H2,1-3H3,(H,21,23). The zero-order chi connectivity index (χ0) is 19.2. The van der Waals surface area contributed by atoms with Crippen LogP contribution in [0.4, 0.5) is 11.5 Å². The van der Waals surface area contributed by atoms with Crippen LogP contribution in [-0.2, 0) is 0 Å². The van der Waals surface area contributed by atoms with E-state index < -0.39 is 0 Å². The summed E-state index contributed by atoms with van der Waals surface area (Å²) in [4.78, 5) is 16.8. The van der Waals surface area contributed by atoms with Crippen LogP contribution in [0.25, 0.3) is 0 Å². The monoisotopic (exact) mass is 369 g/mol. The quantitative estimate of drug-likeness (QED) is 0.844. The molecule has 0 bridgehead atoms. The van der Waals surface area contributed by atoms with Crippen molar-refractivity contribution in [2.24, 2.45) is 0 Å². The molecule has 1 aromatic carbocycles. The van der Waals surface area contributed by atoms with Gasteiger partial charge in [-0.05, 0) is 44.7 Å².